The number of carbonyl (C=O) groups excluding carboxylic acids is 2. The Morgan fingerprint density at radius 2 is 1.89 bits per heavy atom. The van der Waals surface area contributed by atoms with Crippen molar-refractivity contribution in [2.75, 3.05) is 7.11 Å². The maximum absolute atomic E-state index is 14.3. The quantitative estimate of drug-likeness (QED) is 0.463. The zero-order chi connectivity index (χ0) is 26.5. The van der Waals surface area contributed by atoms with Crippen molar-refractivity contribution in [2.24, 2.45) is 10.7 Å². The molecule has 0 unspecified atom stereocenters. The second-order valence-corrected chi connectivity index (χ2v) is 10.4. The van der Waals surface area contributed by atoms with Gasteiger partial charge in [0, 0.05) is 17.7 Å². The first-order chi connectivity index (χ1) is 16.1. The van der Waals surface area contributed by atoms with Gasteiger partial charge in [0.2, 0.25) is 5.82 Å². The van der Waals surface area contributed by atoms with E-state index in [9.17, 15) is 45.2 Å². The number of nitrogens with two attached hydrogens (primary N) is 1. The number of sulfone groups is 1. The minimum Gasteiger partial charge on any atom is -0.493 e. The summed E-state index contributed by atoms with van der Waals surface area (Å²) < 4.78 is 97.7. The SMILES string of the molecule is COc1c([C@@H]2C[C@](C)(C(F)(F)F)S(=O)(=O)[C@H]2C(=O)N=c2ccn(O)c(C(N)=O)c2)ccc(F)c1F. The van der Waals surface area contributed by atoms with E-state index >= 15 is 0 Å². The molecule has 2 heterocycles. The number of pyridine rings is 1. The van der Waals surface area contributed by atoms with Crippen LogP contribution < -0.4 is 15.8 Å². The Morgan fingerprint density at radius 1 is 1.26 bits per heavy atom. The normalized spacial score (nSPS) is 24.4. The standard InChI is InChI=1S/C20H18F5N3O6S/c1-19(20(23,24)25)8-11(10-3-4-12(21)14(22)15(10)34-2)16(35(19,32)33)18(30)27-9-5-6-28(31)13(7-9)17(26)29/h3-7,11,16,31H,8H2,1-2H3,(H2,26,29)/t11-,16+,19+/m0/s1. The number of primary amides is 1. The van der Waals surface area contributed by atoms with Crippen molar-refractivity contribution >= 4 is 21.7 Å². The molecule has 1 aromatic carbocycles. The monoisotopic (exact) mass is 523 g/mol. The highest BCUT2D eigenvalue weighted by molar-refractivity contribution is 7.94. The fourth-order valence-corrected chi connectivity index (χ4v) is 6.26. The fraction of sp³-hybridized carbons (Fsp3) is 0.350. The van der Waals surface area contributed by atoms with Crippen molar-refractivity contribution in [3.63, 3.8) is 0 Å². The third kappa shape index (κ3) is 4.13. The van der Waals surface area contributed by atoms with Gasteiger partial charge in [-0.3, -0.25) is 9.59 Å². The van der Waals surface area contributed by atoms with E-state index in [0.29, 0.717) is 13.0 Å². The van der Waals surface area contributed by atoms with E-state index in [1.54, 1.807) is 0 Å². The number of halogens is 5. The van der Waals surface area contributed by atoms with Gasteiger partial charge in [-0.2, -0.15) is 22.3 Å². The predicted octanol–water partition coefficient (Wildman–Crippen LogP) is 1.83. The van der Waals surface area contributed by atoms with Gasteiger partial charge < -0.3 is 15.7 Å². The number of carbonyl (C=O) groups is 2. The highest BCUT2D eigenvalue weighted by atomic mass is 32.2. The van der Waals surface area contributed by atoms with Gasteiger partial charge in [-0.15, -0.1) is 0 Å². The van der Waals surface area contributed by atoms with Crippen molar-refractivity contribution in [2.45, 2.75) is 35.4 Å². The van der Waals surface area contributed by atoms with Crippen LogP contribution in [0.3, 0.4) is 0 Å². The molecule has 0 bridgehead atoms. The maximum atomic E-state index is 14.3. The number of nitrogens with zero attached hydrogens (tertiary/aromatic N) is 2. The number of methoxy groups -OCH3 is 1. The molecule has 1 aromatic heterocycles. The van der Waals surface area contributed by atoms with Crippen molar-refractivity contribution < 1.29 is 49.9 Å². The van der Waals surface area contributed by atoms with Gasteiger partial charge in [-0.1, -0.05) is 6.07 Å². The van der Waals surface area contributed by atoms with Crippen LogP contribution in [0.25, 0.3) is 0 Å². The van der Waals surface area contributed by atoms with Gasteiger partial charge in [0.1, 0.15) is 10.9 Å². The van der Waals surface area contributed by atoms with Crippen LogP contribution in [-0.4, -0.2) is 53.5 Å². The minimum absolute atomic E-state index is 0.286. The molecular weight excluding hydrogens is 505 g/mol. The number of hydrogen-bond acceptors (Lipinski definition) is 6. The van der Waals surface area contributed by atoms with Gasteiger partial charge in [0.05, 0.1) is 12.5 Å². The molecule has 2 aromatic rings. The summed E-state index contributed by atoms with van der Waals surface area (Å²) in [4.78, 5) is 27.9. The first-order valence-electron chi connectivity index (χ1n) is 9.69. The summed E-state index contributed by atoms with van der Waals surface area (Å²) in [5, 5.41) is 6.71. The molecule has 1 saturated heterocycles. The molecule has 0 saturated carbocycles. The van der Waals surface area contributed by atoms with Gasteiger partial charge in [-0.25, -0.2) is 17.8 Å². The van der Waals surface area contributed by atoms with E-state index in [1.165, 1.54) is 0 Å². The number of hydrogen-bond donors (Lipinski definition) is 2. The highest BCUT2D eigenvalue weighted by Gasteiger charge is 2.70. The number of ether oxygens (including phenoxy) is 1. The molecule has 1 aliphatic rings. The van der Waals surface area contributed by atoms with E-state index in [4.69, 9.17) is 10.5 Å². The molecule has 0 spiro atoms. The van der Waals surface area contributed by atoms with E-state index in [1.807, 2.05) is 0 Å². The number of amides is 2. The Balaban J connectivity index is 2.27. The van der Waals surface area contributed by atoms with E-state index in [-0.39, 0.29) is 4.73 Å². The first-order valence-corrected chi connectivity index (χ1v) is 11.2. The molecule has 3 atom stereocenters. The summed E-state index contributed by atoms with van der Waals surface area (Å²) in [6, 6.07) is 3.17. The lowest BCUT2D eigenvalue weighted by Gasteiger charge is -2.26. The third-order valence-electron chi connectivity index (χ3n) is 5.87. The predicted molar refractivity (Wildman–Crippen MR) is 108 cm³/mol. The molecule has 1 aliphatic heterocycles. The summed E-state index contributed by atoms with van der Waals surface area (Å²) >= 11 is 0. The molecule has 3 rings (SSSR count). The maximum Gasteiger partial charge on any atom is 0.407 e. The topological polar surface area (TPSA) is 141 Å². The van der Waals surface area contributed by atoms with Gasteiger partial charge in [0.15, 0.2) is 26.2 Å². The summed E-state index contributed by atoms with van der Waals surface area (Å²) in [6.07, 6.45) is -5.70. The number of alkyl halides is 3. The van der Waals surface area contributed by atoms with Crippen LogP contribution in [0.1, 0.15) is 35.3 Å². The second-order valence-electron chi connectivity index (χ2n) is 7.92. The Kier molecular flexibility index (Phi) is 6.44. The lowest BCUT2D eigenvalue weighted by atomic mass is 9.86. The second kappa shape index (κ2) is 8.62. The van der Waals surface area contributed by atoms with E-state index in [2.05, 4.69) is 4.99 Å². The molecule has 1 fully saturated rings. The van der Waals surface area contributed by atoms with Crippen LogP contribution in [-0.2, 0) is 14.6 Å². The van der Waals surface area contributed by atoms with Crippen LogP contribution in [0.4, 0.5) is 22.0 Å². The van der Waals surface area contributed by atoms with Gasteiger partial charge in [-0.05, 0) is 31.5 Å². The molecular formula is C20H18F5N3O6S. The highest BCUT2D eigenvalue weighted by Crippen LogP contribution is 2.55. The average Bonchev–Trinajstić information content (AvgIpc) is 2.97. The zero-order valence-electron chi connectivity index (χ0n) is 18.0. The minimum atomic E-state index is -5.37. The van der Waals surface area contributed by atoms with Crippen LogP contribution in [0, 0.1) is 11.6 Å². The molecule has 2 amide bonds. The number of aromatic nitrogens is 1. The first kappa shape index (κ1) is 26.1. The Labute approximate surface area is 194 Å². The molecule has 190 valence electrons. The van der Waals surface area contributed by atoms with E-state index < -0.39 is 84.2 Å². The number of benzene rings is 1. The molecule has 9 nitrogen and oxygen atoms in total. The van der Waals surface area contributed by atoms with Crippen LogP contribution in [0.15, 0.2) is 35.5 Å². The summed E-state index contributed by atoms with van der Waals surface area (Å²) in [5.74, 6) is -8.38. The van der Waals surface area contributed by atoms with E-state index in [0.717, 1.165) is 31.5 Å². The molecule has 0 radical (unpaired) electrons. The molecule has 35 heavy (non-hydrogen) atoms. The molecule has 15 heteroatoms. The molecule has 3 N–H and O–H groups in total. The van der Waals surface area contributed by atoms with Crippen molar-refractivity contribution in [3.8, 4) is 5.75 Å². The smallest absolute Gasteiger partial charge is 0.407 e. The van der Waals surface area contributed by atoms with Crippen LogP contribution in [0.2, 0.25) is 0 Å². The average molecular weight is 523 g/mol. The fourth-order valence-electron chi connectivity index (χ4n) is 3.97. The third-order valence-corrected chi connectivity index (χ3v) is 8.73. The summed E-state index contributed by atoms with van der Waals surface area (Å²) in [6.45, 7) is 0.386. The summed E-state index contributed by atoms with van der Waals surface area (Å²) in [5.41, 5.74) is 4.03. The van der Waals surface area contributed by atoms with Crippen LogP contribution >= 0.6 is 0 Å². The zero-order valence-corrected chi connectivity index (χ0v) is 18.8. The van der Waals surface area contributed by atoms with Gasteiger partial charge in [0.25, 0.3) is 11.8 Å². The van der Waals surface area contributed by atoms with Crippen molar-refractivity contribution in [1.29, 1.82) is 0 Å². The van der Waals surface area contributed by atoms with Gasteiger partial charge >= 0.3 is 6.18 Å². The number of rotatable bonds is 4. The lowest BCUT2D eigenvalue weighted by molar-refractivity contribution is -0.157. The summed E-state index contributed by atoms with van der Waals surface area (Å²) in [7, 11) is -4.47. The Bertz CT molecular complexity index is 1390. The lowest BCUT2D eigenvalue weighted by Crippen LogP contribution is -2.48. The Hall–Kier alpha value is -3.49. The van der Waals surface area contributed by atoms with Crippen molar-refractivity contribution in [3.05, 3.63) is 58.7 Å². The van der Waals surface area contributed by atoms with Crippen molar-refractivity contribution in [1.82, 2.24) is 4.73 Å². The van der Waals surface area contributed by atoms with Crippen LogP contribution in [0.5, 0.6) is 5.75 Å². The largest absolute Gasteiger partial charge is 0.493 e. The molecule has 0 aliphatic carbocycles. The Morgan fingerprint density at radius 3 is 2.43 bits per heavy atom.